The van der Waals surface area contributed by atoms with Crippen LogP contribution in [0.2, 0.25) is 0 Å². The van der Waals surface area contributed by atoms with E-state index in [4.69, 9.17) is 16.0 Å². The minimum absolute atomic E-state index is 0.177. The van der Waals surface area contributed by atoms with E-state index in [1.54, 1.807) is 6.07 Å². The molecule has 6 heteroatoms. The summed E-state index contributed by atoms with van der Waals surface area (Å²) in [4.78, 5) is 1.81. The largest absolute Gasteiger partial charge is 0.406 e. The van der Waals surface area contributed by atoms with Crippen LogP contribution in [0.15, 0.2) is 22.6 Å². The Morgan fingerprint density at radius 1 is 1.41 bits per heavy atom. The maximum Gasteiger partial charge on any atom is 0.322 e. The SMILES string of the molecule is Fc1ccc2c(c1)N(c1nnc(CCl)o1)CC2. The molecule has 0 amide bonds. The summed E-state index contributed by atoms with van der Waals surface area (Å²) in [6, 6.07) is 5.08. The van der Waals surface area contributed by atoms with E-state index in [1.807, 2.05) is 4.90 Å². The molecule has 2 heterocycles. The summed E-state index contributed by atoms with van der Waals surface area (Å²) >= 11 is 5.60. The van der Waals surface area contributed by atoms with Crippen LogP contribution in [0.3, 0.4) is 0 Å². The molecule has 0 saturated carbocycles. The van der Waals surface area contributed by atoms with Crippen LogP contribution >= 0.6 is 11.6 Å². The van der Waals surface area contributed by atoms with Crippen LogP contribution in [0.4, 0.5) is 16.1 Å². The minimum atomic E-state index is -0.271. The molecule has 0 unspecified atom stereocenters. The molecule has 0 bridgehead atoms. The number of anilines is 2. The number of hydrogen-bond acceptors (Lipinski definition) is 4. The average molecular weight is 254 g/mol. The van der Waals surface area contributed by atoms with E-state index >= 15 is 0 Å². The van der Waals surface area contributed by atoms with Crippen molar-refractivity contribution in [1.29, 1.82) is 0 Å². The second-order valence-corrected chi connectivity index (χ2v) is 4.05. The van der Waals surface area contributed by atoms with Crippen molar-refractivity contribution in [2.75, 3.05) is 11.4 Å². The van der Waals surface area contributed by atoms with Gasteiger partial charge in [0.1, 0.15) is 11.7 Å². The summed E-state index contributed by atoms with van der Waals surface area (Å²) < 4.78 is 18.6. The standard InChI is InChI=1S/C11H9ClFN3O/c12-6-10-14-15-11(17-10)16-4-3-7-1-2-8(13)5-9(7)16/h1-2,5H,3-4,6H2. The fourth-order valence-corrected chi connectivity index (χ4v) is 2.07. The summed E-state index contributed by atoms with van der Waals surface area (Å²) in [7, 11) is 0. The van der Waals surface area contributed by atoms with Gasteiger partial charge in [0.2, 0.25) is 5.89 Å². The van der Waals surface area contributed by atoms with Crippen molar-refractivity contribution in [3.63, 3.8) is 0 Å². The molecule has 4 nitrogen and oxygen atoms in total. The van der Waals surface area contributed by atoms with E-state index in [-0.39, 0.29) is 11.7 Å². The first-order chi connectivity index (χ1) is 8.28. The summed E-state index contributed by atoms with van der Waals surface area (Å²) in [5, 5.41) is 7.69. The van der Waals surface area contributed by atoms with E-state index in [0.29, 0.717) is 18.5 Å². The van der Waals surface area contributed by atoms with Gasteiger partial charge >= 0.3 is 6.01 Å². The Bertz CT molecular complexity index is 557. The van der Waals surface area contributed by atoms with E-state index in [1.165, 1.54) is 12.1 Å². The lowest BCUT2D eigenvalue weighted by Gasteiger charge is -2.13. The van der Waals surface area contributed by atoms with Crippen molar-refractivity contribution in [2.45, 2.75) is 12.3 Å². The predicted octanol–water partition coefficient (Wildman–Crippen LogP) is 2.64. The van der Waals surface area contributed by atoms with Crippen molar-refractivity contribution >= 4 is 23.3 Å². The van der Waals surface area contributed by atoms with Gasteiger partial charge in [0.05, 0.1) is 5.69 Å². The molecule has 1 aromatic carbocycles. The zero-order valence-corrected chi connectivity index (χ0v) is 9.62. The molecule has 1 aliphatic rings. The zero-order valence-electron chi connectivity index (χ0n) is 8.86. The van der Waals surface area contributed by atoms with Crippen LogP contribution in [0.1, 0.15) is 11.5 Å². The molecule has 1 aromatic heterocycles. The number of halogens is 2. The highest BCUT2D eigenvalue weighted by atomic mass is 35.5. The molecule has 0 fully saturated rings. The van der Waals surface area contributed by atoms with Crippen molar-refractivity contribution in [3.8, 4) is 0 Å². The van der Waals surface area contributed by atoms with Crippen molar-refractivity contribution < 1.29 is 8.81 Å². The molecule has 0 N–H and O–H groups in total. The molecule has 1 aliphatic heterocycles. The minimum Gasteiger partial charge on any atom is -0.406 e. The Morgan fingerprint density at radius 3 is 3.06 bits per heavy atom. The number of rotatable bonds is 2. The van der Waals surface area contributed by atoms with Crippen molar-refractivity contribution in [1.82, 2.24) is 10.2 Å². The van der Waals surface area contributed by atoms with Gasteiger partial charge in [0.15, 0.2) is 0 Å². The highest BCUT2D eigenvalue weighted by Crippen LogP contribution is 2.34. The Hall–Kier alpha value is -1.62. The van der Waals surface area contributed by atoms with Gasteiger partial charge in [-0.15, -0.1) is 16.7 Å². The van der Waals surface area contributed by atoms with Gasteiger partial charge in [-0.3, -0.25) is 4.90 Å². The van der Waals surface area contributed by atoms with E-state index in [0.717, 1.165) is 17.7 Å². The highest BCUT2D eigenvalue weighted by Gasteiger charge is 2.24. The summed E-state index contributed by atoms with van der Waals surface area (Å²) in [5.41, 5.74) is 1.87. The molecule has 17 heavy (non-hydrogen) atoms. The van der Waals surface area contributed by atoms with Crippen molar-refractivity contribution in [2.24, 2.45) is 0 Å². The van der Waals surface area contributed by atoms with Crippen LogP contribution in [0, 0.1) is 5.82 Å². The predicted molar refractivity (Wildman–Crippen MR) is 61.0 cm³/mol. The third kappa shape index (κ3) is 1.76. The van der Waals surface area contributed by atoms with Crippen LogP contribution in [0.25, 0.3) is 0 Å². The topological polar surface area (TPSA) is 42.2 Å². The van der Waals surface area contributed by atoms with Crippen LogP contribution in [0.5, 0.6) is 0 Å². The van der Waals surface area contributed by atoms with Gasteiger partial charge < -0.3 is 4.42 Å². The number of hydrogen-bond donors (Lipinski definition) is 0. The van der Waals surface area contributed by atoms with Gasteiger partial charge in [-0.1, -0.05) is 11.2 Å². The number of aromatic nitrogens is 2. The van der Waals surface area contributed by atoms with Gasteiger partial charge in [0.25, 0.3) is 0 Å². The van der Waals surface area contributed by atoms with Gasteiger partial charge in [-0.25, -0.2) is 4.39 Å². The third-order valence-electron chi connectivity index (χ3n) is 2.74. The second-order valence-electron chi connectivity index (χ2n) is 3.79. The lowest BCUT2D eigenvalue weighted by molar-refractivity contribution is 0.514. The molecular formula is C11H9ClFN3O. The number of benzene rings is 1. The van der Waals surface area contributed by atoms with E-state index in [2.05, 4.69) is 10.2 Å². The molecule has 0 aliphatic carbocycles. The van der Waals surface area contributed by atoms with Crippen LogP contribution < -0.4 is 4.90 Å². The fourth-order valence-electron chi connectivity index (χ4n) is 1.96. The van der Waals surface area contributed by atoms with Gasteiger partial charge in [0, 0.05) is 6.54 Å². The van der Waals surface area contributed by atoms with Gasteiger partial charge in [-0.2, -0.15) is 0 Å². The smallest absolute Gasteiger partial charge is 0.322 e. The van der Waals surface area contributed by atoms with Crippen molar-refractivity contribution in [3.05, 3.63) is 35.5 Å². The number of alkyl halides is 1. The Kier molecular flexibility index (Phi) is 2.48. The quantitative estimate of drug-likeness (QED) is 0.772. The van der Waals surface area contributed by atoms with E-state index in [9.17, 15) is 4.39 Å². The molecule has 0 spiro atoms. The lowest BCUT2D eigenvalue weighted by atomic mass is 10.2. The Labute approximate surface area is 102 Å². The summed E-state index contributed by atoms with van der Waals surface area (Å²) in [5.74, 6) is 0.274. The third-order valence-corrected chi connectivity index (χ3v) is 2.97. The Morgan fingerprint density at radius 2 is 2.29 bits per heavy atom. The first kappa shape index (κ1) is 10.5. The first-order valence-corrected chi connectivity index (χ1v) is 5.75. The van der Waals surface area contributed by atoms with Crippen LogP contribution in [-0.4, -0.2) is 16.7 Å². The maximum atomic E-state index is 13.2. The second kappa shape index (κ2) is 4.00. The molecule has 0 saturated heterocycles. The molecular weight excluding hydrogens is 245 g/mol. The normalized spacial score (nSPS) is 14.1. The average Bonchev–Trinajstić information content (AvgIpc) is 2.93. The number of nitrogens with zero attached hydrogens (tertiary/aromatic N) is 3. The van der Waals surface area contributed by atoms with Gasteiger partial charge in [-0.05, 0) is 24.1 Å². The molecule has 88 valence electrons. The molecule has 0 radical (unpaired) electrons. The molecule has 0 atom stereocenters. The summed E-state index contributed by atoms with van der Waals surface area (Å²) in [6.45, 7) is 0.711. The molecule has 2 aromatic rings. The first-order valence-electron chi connectivity index (χ1n) is 5.22. The van der Waals surface area contributed by atoms with Crippen LogP contribution in [-0.2, 0) is 12.3 Å². The Balaban J connectivity index is 2.00. The lowest BCUT2D eigenvalue weighted by Crippen LogP contribution is -2.13. The monoisotopic (exact) mass is 253 g/mol. The summed E-state index contributed by atoms with van der Waals surface area (Å²) in [6.07, 6.45) is 0.841. The molecule has 3 rings (SSSR count). The number of fused-ring (bicyclic) bond motifs is 1. The highest BCUT2D eigenvalue weighted by molar-refractivity contribution is 6.16. The fraction of sp³-hybridized carbons (Fsp3) is 0.273. The van der Waals surface area contributed by atoms with E-state index < -0.39 is 0 Å². The zero-order chi connectivity index (χ0) is 11.8. The maximum absolute atomic E-state index is 13.2.